The summed E-state index contributed by atoms with van der Waals surface area (Å²) in [4.78, 5) is 0. The van der Waals surface area contributed by atoms with Gasteiger partial charge in [0.25, 0.3) is 0 Å². The molecule has 4 nitrogen and oxygen atoms in total. The summed E-state index contributed by atoms with van der Waals surface area (Å²) < 4.78 is 24.5. The van der Waals surface area contributed by atoms with Crippen molar-refractivity contribution in [1.82, 2.24) is 0 Å². The Bertz CT molecular complexity index is 812. The van der Waals surface area contributed by atoms with Crippen LogP contribution < -0.4 is 9.47 Å². The average molecular weight is 352 g/mol. The van der Waals surface area contributed by atoms with Crippen molar-refractivity contribution < 1.29 is 18.9 Å². The molecule has 4 heteroatoms. The maximum atomic E-state index is 6.33. The molecule has 0 aliphatic carbocycles. The molecule has 0 spiro atoms. The molecule has 2 atom stereocenters. The second-order valence-electron chi connectivity index (χ2n) is 8.91. The number of hydrogen-bond donors (Lipinski definition) is 0. The second-order valence-corrected chi connectivity index (χ2v) is 8.91. The summed E-state index contributed by atoms with van der Waals surface area (Å²) in [7, 11) is 0. The van der Waals surface area contributed by atoms with Gasteiger partial charge in [0, 0.05) is 22.0 Å². The van der Waals surface area contributed by atoms with Crippen LogP contribution in [0.3, 0.4) is 0 Å². The lowest BCUT2D eigenvalue weighted by atomic mass is 9.75. The highest BCUT2D eigenvalue weighted by atomic mass is 16.6. The molecule has 0 saturated carbocycles. The Hall–Kier alpha value is -2.04. The summed E-state index contributed by atoms with van der Waals surface area (Å²) >= 11 is 0. The summed E-state index contributed by atoms with van der Waals surface area (Å²) in [5.41, 5.74) is 2.27. The molecule has 0 N–H and O–H groups in total. The number of fused-ring (bicyclic) bond motifs is 2. The molecule has 0 amide bonds. The Morgan fingerprint density at radius 1 is 0.692 bits per heavy atom. The van der Waals surface area contributed by atoms with Gasteiger partial charge in [-0.15, -0.1) is 0 Å². The Morgan fingerprint density at radius 3 is 1.42 bits per heavy atom. The SMILES string of the molecule is CC1(C)COC1c1ccc(C2OCC2(C)C)c2c1Oc1ccccc1O2. The molecule has 26 heavy (non-hydrogen) atoms. The van der Waals surface area contributed by atoms with E-state index in [0.29, 0.717) is 0 Å². The van der Waals surface area contributed by atoms with Crippen LogP contribution in [0.2, 0.25) is 0 Å². The lowest BCUT2D eigenvalue weighted by molar-refractivity contribution is -0.174. The third-order valence-electron chi connectivity index (χ3n) is 5.67. The number of rotatable bonds is 2. The fraction of sp³-hybridized carbons (Fsp3) is 0.455. The molecule has 3 aliphatic rings. The molecular formula is C22H24O4. The molecular weight excluding hydrogens is 328 g/mol. The standard InChI is InChI=1S/C22H24O4/c1-21(2)11-23-19(21)13-9-10-14(20-22(3,4)12-24-20)18-17(13)25-15-7-5-6-8-16(15)26-18/h5-10,19-20H,11-12H2,1-4H3. The van der Waals surface area contributed by atoms with Crippen LogP contribution in [0, 0.1) is 10.8 Å². The summed E-state index contributed by atoms with van der Waals surface area (Å²) in [5.74, 6) is 3.02. The quantitative estimate of drug-likeness (QED) is 0.586. The van der Waals surface area contributed by atoms with Crippen molar-refractivity contribution in [2.75, 3.05) is 13.2 Å². The predicted molar refractivity (Wildman–Crippen MR) is 98.0 cm³/mol. The lowest BCUT2D eigenvalue weighted by Gasteiger charge is -2.47. The Kier molecular flexibility index (Phi) is 3.26. The van der Waals surface area contributed by atoms with Crippen molar-refractivity contribution >= 4 is 0 Å². The van der Waals surface area contributed by atoms with E-state index < -0.39 is 0 Å². The number of hydrogen-bond acceptors (Lipinski definition) is 4. The predicted octanol–water partition coefficient (Wildman–Crippen LogP) is 5.78. The van der Waals surface area contributed by atoms with Crippen LogP contribution in [0.15, 0.2) is 36.4 Å². The van der Waals surface area contributed by atoms with Crippen LogP contribution in [0.4, 0.5) is 0 Å². The molecule has 136 valence electrons. The molecule has 2 fully saturated rings. The minimum atomic E-state index is 0.00878. The van der Waals surface area contributed by atoms with Gasteiger partial charge in [0.2, 0.25) is 0 Å². The summed E-state index contributed by atoms with van der Waals surface area (Å²) in [6, 6.07) is 12.0. The maximum absolute atomic E-state index is 6.33. The van der Waals surface area contributed by atoms with Gasteiger partial charge in [-0.25, -0.2) is 0 Å². The highest BCUT2D eigenvalue weighted by molar-refractivity contribution is 5.62. The average Bonchev–Trinajstić information content (AvgIpc) is 2.60. The first-order chi connectivity index (χ1) is 12.4. The van der Waals surface area contributed by atoms with Crippen molar-refractivity contribution in [3.63, 3.8) is 0 Å². The molecule has 0 aromatic heterocycles. The van der Waals surface area contributed by atoms with Crippen LogP contribution in [-0.2, 0) is 9.47 Å². The molecule has 3 aliphatic heterocycles. The number of para-hydroxylation sites is 2. The fourth-order valence-corrected chi connectivity index (χ4v) is 4.08. The summed E-state index contributed by atoms with van der Waals surface area (Å²) in [6.07, 6.45) is 0.0176. The van der Waals surface area contributed by atoms with Crippen LogP contribution in [0.5, 0.6) is 23.0 Å². The van der Waals surface area contributed by atoms with E-state index in [-0.39, 0.29) is 23.0 Å². The van der Waals surface area contributed by atoms with Gasteiger partial charge < -0.3 is 18.9 Å². The number of ether oxygens (including phenoxy) is 4. The van der Waals surface area contributed by atoms with Crippen LogP contribution in [-0.4, -0.2) is 13.2 Å². The normalized spacial score (nSPS) is 27.1. The zero-order valence-corrected chi connectivity index (χ0v) is 15.7. The first kappa shape index (κ1) is 16.2. The van der Waals surface area contributed by atoms with Crippen LogP contribution in [0.25, 0.3) is 0 Å². The Labute approximate surface area is 154 Å². The topological polar surface area (TPSA) is 36.9 Å². The van der Waals surface area contributed by atoms with Gasteiger partial charge in [-0.3, -0.25) is 0 Å². The van der Waals surface area contributed by atoms with E-state index in [4.69, 9.17) is 18.9 Å². The van der Waals surface area contributed by atoms with Crippen molar-refractivity contribution in [1.29, 1.82) is 0 Å². The monoisotopic (exact) mass is 352 g/mol. The van der Waals surface area contributed by atoms with Crippen LogP contribution in [0.1, 0.15) is 51.0 Å². The van der Waals surface area contributed by atoms with Gasteiger partial charge in [-0.05, 0) is 12.1 Å². The van der Waals surface area contributed by atoms with Crippen molar-refractivity contribution in [2.45, 2.75) is 39.9 Å². The molecule has 2 aromatic carbocycles. The molecule has 2 unspecified atom stereocenters. The van der Waals surface area contributed by atoms with Crippen LogP contribution >= 0.6 is 0 Å². The van der Waals surface area contributed by atoms with Gasteiger partial charge in [-0.1, -0.05) is 52.0 Å². The third kappa shape index (κ3) is 2.22. The lowest BCUT2D eigenvalue weighted by Crippen LogP contribution is -2.41. The molecule has 5 rings (SSSR count). The molecule has 0 radical (unpaired) electrons. The first-order valence-corrected chi connectivity index (χ1v) is 9.22. The van der Waals surface area contributed by atoms with Gasteiger partial charge in [0.15, 0.2) is 23.0 Å². The fourth-order valence-electron chi connectivity index (χ4n) is 4.08. The maximum Gasteiger partial charge on any atom is 0.176 e. The van der Waals surface area contributed by atoms with E-state index in [2.05, 4.69) is 39.8 Å². The molecule has 0 bridgehead atoms. The molecule has 2 aromatic rings. The van der Waals surface area contributed by atoms with Gasteiger partial charge >= 0.3 is 0 Å². The van der Waals surface area contributed by atoms with Gasteiger partial charge in [0.05, 0.1) is 25.4 Å². The smallest absolute Gasteiger partial charge is 0.176 e. The van der Waals surface area contributed by atoms with Crippen molar-refractivity contribution in [3.05, 3.63) is 47.5 Å². The summed E-state index contributed by atoms with van der Waals surface area (Å²) in [6.45, 7) is 10.4. The highest BCUT2D eigenvalue weighted by Crippen LogP contribution is 2.58. The first-order valence-electron chi connectivity index (χ1n) is 9.22. The van der Waals surface area contributed by atoms with E-state index >= 15 is 0 Å². The van der Waals surface area contributed by atoms with E-state index in [1.807, 2.05) is 24.3 Å². The summed E-state index contributed by atoms with van der Waals surface area (Å²) in [5, 5.41) is 0. The third-order valence-corrected chi connectivity index (χ3v) is 5.67. The molecule has 3 heterocycles. The van der Waals surface area contributed by atoms with Gasteiger partial charge in [-0.2, -0.15) is 0 Å². The van der Waals surface area contributed by atoms with E-state index in [1.165, 1.54) is 0 Å². The van der Waals surface area contributed by atoms with Crippen molar-refractivity contribution in [3.8, 4) is 23.0 Å². The zero-order valence-electron chi connectivity index (χ0n) is 15.7. The van der Waals surface area contributed by atoms with E-state index in [9.17, 15) is 0 Å². The zero-order chi connectivity index (χ0) is 18.1. The van der Waals surface area contributed by atoms with Gasteiger partial charge in [0.1, 0.15) is 0 Å². The molecule has 2 saturated heterocycles. The highest BCUT2D eigenvalue weighted by Gasteiger charge is 2.47. The van der Waals surface area contributed by atoms with E-state index in [0.717, 1.165) is 47.3 Å². The minimum absolute atomic E-state index is 0.00878. The van der Waals surface area contributed by atoms with Crippen molar-refractivity contribution in [2.24, 2.45) is 10.8 Å². The van der Waals surface area contributed by atoms with E-state index in [1.54, 1.807) is 0 Å². The number of benzene rings is 2. The Morgan fingerprint density at radius 2 is 1.12 bits per heavy atom. The minimum Gasteiger partial charge on any atom is -0.449 e. The largest absolute Gasteiger partial charge is 0.449 e. The second kappa shape index (κ2) is 5.24. The Balaban J connectivity index is 1.65.